The van der Waals surface area contributed by atoms with Crippen LogP contribution in [0, 0.1) is 5.82 Å². The Bertz CT molecular complexity index is 640. The normalized spacial score (nSPS) is 11.6. The van der Waals surface area contributed by atoms with Gasteiger partial charge in [0, 0.05) is 12.4 Å². The maximum absolute atomic E-state index is 12.9. The Kier molecular flexibility index (Phi) is 3.30. The predicted molar refractivity (Wildman–Crippen MR) is 63.4 cm³/mol. The highest BCUT2D eigenvalue weighted by Gasteiger charge is 2.15. The molecule has 18 heavy (non-hydrogen) atoms. The van der Waals surface area contributed by atoms with Crippen molar-refractivity contribution in [2.24, 2.45) is 0 Å². The van der Waals surface area contributed by atoms with Crippen molar-refractivity contribution in [3.63, 3.8) is 0 Å². The molecule has 0 atom stereocenters. The Hall–Kier alpha value is -1.93. The number of nitrogens with zero attached hydrogens (tertiary/aromatic N) is 1. The molecule has 96 valence electrons. The molecule has 0 bridgehead atoms. The maximum Gasteiger partial charge on any atom is 0.241 e. The summed E-state index contributed by atoms with van der Waals surface area (Å²) in [5, 5.41) is 0. The lowest BCUT2D eigenvalue weighted by atomic mass is 10.3. The van der Waals surface area contributed by atoms with Crippen LogP contribution in [0.1, 0.15) is 5.82 Å². The van der Waals surface area contributed by atoms with Crippen molar-refractivity contribution < 1.29 is 12.8 Å². The van der Waals surface area contributed by atoms with Crippen molar-refractivity contribution in [1.29, 1.82) is 0 Å². The van der Waals surface area contributed by atoms with Gasteiger partial charge >= 0.3 is 0 Å². The molecule has 1 aromatic carbocycles. The molecule has 8 heteroatoms. The third-order valence-corrected chi connectivity index (χ3v) is 3.66. The quantitative estimate of drug-likeness (QED) is 0.708. The van der Waals surface area contributed by atoms with Crippen molar-refractivity contribution in [2.45, 2.75) is 11.4 Å². The van der Waals surface area contributed by atoms with Gasteiger partial charge in [0.1, 0.15) is 11.6 Å². The first-order chi connectivity index (χ1) is 8.49. The molecule has 2 aromatic rings. The number of imidazole rings is 1. The number of sulfonamides is 1. The van der Waals surface area contributed by atoms with Crippen LogP contribution in [0.15, 0.2) is 35.5 Å². The van der Waals surface area contributed by atoms with Crippen LogP contribution in [0.2, 0.25) is 0 Å². The summed E-state index contributed by atoms with van der Waals surface area (Å²) in [5.41, 5.74) is 5.11. The number of aromatic nitrogens is 2. The summed E-state index contributed by atoms with van der Waals surface area (Å²) in [4.78, 5) is 6.55. The Labute approximate surface area is 103 Å². The largest absolute Gasteiger partial charge is 0.396 e. The number of anilines is 1. The standard InChI is InChI=1S/C10H11FN4O2S/c11-8-2-1-7(5-9(8)12)18(16,17)15-6-10-13-3-4-14-10/h1-5,15H,6,12H2,(H,13,14). The summed E-state index contributed by atoms with van der Waals surface area (Å²) in [6, 6.07) is 3.23. The molecule has 0 aliphatic heterocycles. The van der Waals surface area contributed by atoms with E-state index < -0.39 is 15.8 Å². The highest BCUT2D eigenvalue weighted by atomic mass is 32.2. The van der Waals surface area contributed by atoms with Crippen molar-refractivity contribution in [3.8, 4) is 0 Å². The number of benzene rings is 1. The first-order valence-electron chi connectivity index (χ1n) is 5.02. The molecule has 6 nitrogen and oxygen atoms in total. The second-order valence-electron chi connectivity index (χ2n) is 3.54. The van der Waals surface area contributed by atoms with E-state index in [0.717, 1.165) is 18.2 Å². The molecule has 0 aliphatic rings. The molecule has 4 N–H and O–H groups in total. The highest BCUT2D eigenvalue weighted by molar-refractivity contribution is 7.89. The van der Waals surface area contributed by atoms with Crippen LogP contribution >= 0.6 is 0 Å². The van der Waals surface area contributed by atoms with Gasteiger partial charge in [0.25, 0.3) is 0 Å². The van der Waals surface area contributed by atoms with E-state index >= 15 is 0 Å². The first-order valence-corrected chi connectivity index (χ1v) is 6.50. The molecular weight excluding hydrogens is 259 g/mol. The molecule has 0 fully saturated rings. The van der Waals surface area contributed by atoms with Crippen molar-refractivity contribution in [3.05, 3.63) is 42.2 Å². The zero-order valence-electron chi connectivity index (χ0n) is 9.22. The summed E-state index contributed by atoms with van der Waals surface area (Å²) in [5.74, 6) is -0.173. The summed E-state index contributed by atoms with van der Waals surface area (Å²) < 4.78 is 39.0. The Morgan fingerprint density at radius 2 is 2.22 bits per heavy atom. The van der Waals surface area contributed by atoms with E-state index in [2.05, 4.69) is 14.7 Å². The van der Waals surface area contributed by atoms with Gasteiger partial charge in [-0.25, -0.2) is 22.5 Å². The van der Waals surface area contributed by atoms with Crippen LogP contribution in [0.5, 0.6) is 0 Å². The van der Waals surface area contributed by atoms with E-state index in [-0.39, 0.29) is 17.1 Å². The molecular formula is C10H11FN4O2S. The van der Waals surface area contributed by atoms with Gasteiger partial charge in [0.05, 0.1) is 17.1 Å². The lowest BCUT2D eigenvalue weighted by Gasteiger charge is -2.06. The van der Waals surface area contributed by atoms with Crippen molar-refractivity contribution >= 4 is 15.7 Å². The minimum atomic E-state index is -3.73. The molecule has 0 aliphatic carbocycles. The van der Waals surface area contributed by atoms with E-state index in [1.54, 1.807) is 6.20 Å². The molecule has 2 rings (SSSR count). The number of nitrogen functional groups attached to an aromatic ring is 1. The molecule has 0 spiro atoms. The minimum Gasteiger partial charge on any atom is -0.396 e. The second-order valence-corrected chi connectivity index (χ2v) is 5.31. The van der Waals surface area contributed by atoms with Gasteiger partial charge in [0.2, 0.25) is 10.0 Å². The number of rotatable bonds is 4. The van der Waals surface area contributed by atoms with Crippen LogP contribution in [-0.4, -0.2) is 18.4 Å². The third kappa shape index (κ3) is 2.66. The molecule has 1 aromatic heterocycles. The fraction of sp³-hybridized carbons (Fsp3) is 0.100. The van der Waals surface area contributed by atoms with Crippen LogP contribution in [0.3, 0.4) is 0 Å². The summed E-state index contributed by atoms with van der Waals surface area (Å²) in [7, 11) is -3.73. The maximum atomic E-state index is 12.9. The Morgan fingerprint density at radius 1 is 1.44 bits per heavy atom. The van der Waals surface area contributed by atoms with Gasteiger partial charge in [-0.3, -0.25) is 0 Å². The van der Waals surface area contributed by atoms with Gasteiger partial charge in [-0.2, -0.15) is 0 Å². The number of nitrogens with two attached hydrogens (primary N) is 1. The van der Waals surface area contributed by atoms with E-state index in [9.17, 15) is 12.8 Å². The van der Waals surface area contributed by atoms with Gasteiger partial charge in [-0.15, -0.1) is 0 Å². The average molecular weight is 270 g/mol. The van der Waals surface area contributed by atoms with Crippen LogP contribution in [0.25, 0.3) is 0 Å². The number of hydrogen-bond donors (Lipinski definition) is 3. The zero-order valence-corrected chi connectivity index (χ0v) is 10.0. The smallest absolute Gasteiger partial charge is 0.241 e. The van der Waals surface area contributed by atoms with Crippen LogP contribution in [-0.2, 0) is 16.6 Å². The number of H-pyrrole nitrogens is 1. The van der Waals surface area contributed by atoms with Gasteiger partial charge in [0.15, 0.2) is 0 Å². The lowest BCUT2D eigenvalue weighted by Crippen LogP contribution is -2.24. The first kappa shape index (κ1) is 12.5. The van der Waals surface area contributed by atoms with E-state index in [1.807, 2.05) is 0 Å². The fourth-order valence-corrected chi connectivity index (χ4v) is 2.35. The van der Waals surface area contributed by atoms with Crippen molar-refractivity contribution in [2.75, 3.05) is 5.73 Å². The molecule has 0 amide bonds. The minimum absolute atomic E-state index is 0.0205. The zero-order chi connectivity index (χ0) is 13.2. The van der Waals surface area contributed by atoms with Gasteiger partial charge < -0.3 is 10.7 Å². The summed E-state index contributed by atoms with van der Waals surface area (Å²) in [6.07, 6.45) is 3.10. The van der Waals surface area contributed by atoms with Crippen LogP contribution < -0.4 is 10.5 Å². The topological polar surface area (TPSA) is 101 Å². The Balaban J connectivity index is 2.17. The third-order valence-electron chi connectivity index (χ3n) is 2.26. The fourth-order valence-electron chi connectivity index (χ4n) is 1.33. The predicted octanol–water partition coefficient (Wildman–Crippen LogP) is 0.609. The summed E-state index contributed by atoms with van der Waals surface area (Å²) in [6.45, 7) is 0.0205. The highest BCUT2D eigenvalue weighted by Crippen LogP contribution is 2.16. The number of halogens is 1. The van der Waals surface area contributed by atoms with Gasteiger partial charge in [-0.1, -0.05) is 0 Å². The molecule has 0 saturated carbocycles. The monoisotopic (exact) mass is 270 g/mol. The Morgan fingerprint density at radius 3 is 2.83 bits per heavy atom. The van der Waals surface area contributed by atoms with E-state index in [4.69, 9.17) is 5.73 Å². The van der Waals surface area contributed by atoms with Crippen molar-refractivity contribution in [1.82, 2.24) is 14.7 Å². The SMILES string of the molecule is Nc1cc(S(=O)(=O)NCc2ncc[nH]2)ccc1F. The molecule has 0 radical (unpaired) electrons. The molecule has 0 saturated heterocycles. The summed E-state index contributed by atoms with van der Waals surface area (Å²) >= 11 is 0. The lowest BCUT2D eigenvalue weighted by molar-refractivity contribution is 0.579. The molecule has 1 heterocycles. The average Bonchev–Trinajstić information content (AvgIpc) is 2.83. The number of nitrogens with one attached hydrogen (secondary N) is 2. The van der Waals surface area contributed by atoms with E-state index in [1.165, 1.54) is 6.20 Å². The van der Waals surface area contributed by atoms with Gasteiger partial charge in [-0.05, 0) is 18.2 Å². The van der Waals surface area contributed by atoms with Crippen LogP contribution in [0.4, 0.5) is 10.1 Å². The van der Waals surface area contributed by atoms with E-state index in [0.29, 0.717) is 5.82 Å². The number of hydrogen-bond acceptors (Lipinski definition) is 4. The molecule has 0 unspecified atom stereocenters. The number of aromatic amines is 1. The second kappa shape index (κ2) is 4.75.